The Bertz CT molecular complexity index is 629. The van der Waals surface area contributed by atoms with E-state index in [9.17, 15) is 13.6 Å². The zero-order valence-electron chi connectivity index (χ0n) is 10.7. The van der Waals surface area contributed by atoms with Crippen LogP contribution in [0.1, 0.15) is 21.5 Å². The maximum absolute atomic E-state index is 13.4. The number of hydrogen-bond donors (Lipinski definition) is 2. The van der Waals surface area contributed by atoms with E-state index >= 15 is 0 Å². The summed E-state index contributed by atoms with van der Waals surface area (Å²) < 4.78 is 26.5. The van der Waals surface area contributed by atoms with E-state index in [2.05, 4.69) is 5.32 Å². The fourth-order valence-corrected chi connectivity index (χ4v) is 1.82. The summed E-state index contributed by atoms with van der Waals surface area (Å²) in [6.07, 6.45) is 0. The minimum Gasteiger partial charge on any atom is -0.348 e. The molecule has 0 aliphatic rings. The highest BCUT2D eigenvalue weighted by Gasteiger charge is 2.14. The van der Waals surface area contributed by atoms with Gasteiger partial charge in [0, 0.05) is 13.1 Å². The average molecular weight is 276 g/mol. The Balaban J connectivity index is 2.06. The first kappa shape index (κ1) is 14.1. The predicted octanol–water partition coefficient (Wildman–Crippen LogP) is 2.35. The molecule has 0 heterocycles. The van der Waals surface area contributed by atoms with Crippen LogP contribution in [0, 0.1) is 11.6 Å². The van der Waals surface area contributed by atoms with Crippen LogP contribution in [-0.2, 0) is 13.1 Å². The van der Waals surface area contributed by atoms with Gasteiger partial charge in [0.25, 0.3) is 5.91 Å². The topological polar surface area (TPSA) is 55.1 Å². The van der Waals surface area contributed by atoms with E-state index in [1.54, 1.807) is 0 Å². The predicted molar refractivity (Wildman–Crippen MR) is 71.9 cm³/mol. The molecule has 3 N–H and O–H groups in total. The Morgan fingerprint density at radius 3 is 2.55 bits per heavy atom. The van der Waals surface area contributed by atoms with Gasteiger partial charge in [0.15, 0.2) is 11.6 Å². The van der Waals surface area contributed by atoms with Crippen LogP contribution < -0.4 is 11.1 Å². The van der Waals surface area contributed by atoms with Gasteiger partial charge in [0.05, 0.1) is 5.56 Å². The van der Waals surface area contributed by atoms with Crippen LogP contribution in [0.25, 0.3) is 0 Å². The molecule has 0 saturated heterocycles. The van der Waals surface area contributed by atoms with E-state index in [0.717, 1.165) is 17.2 Å². The van der Waals surface area contributed by atoms with Crippen molar-refractivity contribution in [2.45, 2.75) is 13.1 Å². The lowest BCUT2D eigenvalue weighted by Crippen LogP contribution is -2.24. The molecule has 0 radical (unpaired) electrons. The first-order valence-corrected chi connectivity index (χ1v) is 6.12. The minimum atomic E-state index is -1.14. The van der Waals surface area contributed by atoms with Crippen molar-refractivity contribution in [2.24, 2.45) is 5.73 Å². The van der Waals surface area contributed by atoms with Crippen molar-refractivity contribution in [3.8, 4) is 0 Å². The summed E-state index contributed by atoms with van der Waals surface area (Å²) in [5.74, 6) is -2.83. The van der Waals surface area contributed by atoms with Crippen molar-refractivity contribution in [2.75, 3.05) is 0 Å². The molecular formula is C15H14F2N2O. The van der Waals surface area contributed by atoms with Crippen molar-refractivity contribution < 1.29 is 13.6 Å². The van der Waals surface area contributed by atoms with Crippen LogP contribution in [0.4, 0.5) is 8.78 Å². The molecule has 0 aliphatic carbocycles. The van der Waals surface area contributed by atoms with Gasteiger partial charge in [0.1, 0.15) is 0 Å². The maximum atomic E-state index is 13.4. The Hall–Kier alpha value is -2.27. The van der Waals surface area contributed by atoms with E-state index < -0.39 is 17.5 Å². The van der Waals surface area contributed by atoms with E-state index in [1.807, 2.05) is 24.3 Å². The molecular weight excluding hydrogens is 262 g/mol. The smallest absolute Gasteiger partial charge is 0.254 e. The maximum Gasteiger partial charge on any atom is 0.254 e. The number of carbonyl (C=O) groups is 1. The quantitative estimate of drug-likeness (QED) is 0.900. The Morgan fingerprint density at radius 1 is 1.10 bits per heavy atom. The highest BCUT2D eigenvalue weighted by atomic mass is 19.2. The second-order valence-electron chi connectivity index (χ2n) is 4.31. The molecule has 104 valence electrons. The normalized spacial score (nSPS) is 10.3. The van der Waals surface area contributed by atoms with Crippen LogP contribution in [0.5, 0.6) is 0 Å². The lowest BCUT2D eigenvalue weighted by atomic mass is 10.1. The van der Waals surface area contributed by atoms with Crippen molar-refractivity contribution in [3.63, 3.8) is 0 Å². The summed E-state index contributed by atoms with van der Waals surface area (Å²) in [4.78, 5) is 11.8. The first-order chi connectivity index (χ1) is 9.61. The number of hydrogen-bond acceptors (Lipinski definition) is 2. The molecule has 0 aliphatic heterocycles. The number of amides is 1. The minimum absolute atomic E-state index is 0.225. The third-order valence-electron chi connectivity index (χ3n) is 2.88. The summed E-state index contributed by atoms with van der Waals surface area (Å²) in [6.45, 7) is 0.628. The van der Waals surface area contributed by atoms with Gasteiger partial charge in [-0.1, -0.05) is 30.3 Å². The van der Waals surface area contributed by atoms with Gasteiger partial charge in [-0.15, -0.1) is 0 Å². The molecule has 0 unspecified atom stereocenters. The van der Waals surface area contributed by atoms with E-state index in [-0.39, 0.29) is 12.1 Å². The lowest BCUT2D eigenvalue weighted by molar-refractivity contribution is 0.0946. The highest BCUT2D eigenvalue weighted by Crippen LogP contribution is 2.11. The average Bonchev–Trinajstić information content (AvgIpc) is 2.48. The van der Waals surface area contributed by atoms with Gasteiger partial charge < -0.3 is 11.1 Å². The summed E-state index contributed by atoms with van der Waals surface area (Å²) >= 11 is 0. The van der Waals surface area contributed by atoms with Gasteiger partial charge >= 0.3 is 0 Å². The van der Waals surface area contributed by atoms with Crippen LogP contribution >= 0.6 is 0 Å². The fourth-order valence-electron chi connectivity index (χ4n) is 1.82. The summed E-state index contributed by atoms with van der Waals surface area (Å²) in [5.41, 5.74) is 7.00. The van der Waals surface area contributed by atoms with Crippen LogP contribution in [0.2, 0.25) is 0 Å². The largest absolute Gasteiger partial charge is 0.348 e. The van der Waals surface area contributed by atoms with Crippen LogP contribution in [0.15, 0.2) is 42.5 Å². The zero-order chi connectivity index (χ0) is 14.5. The highest BCUT2D eigenvalue weighted by molar-refractivity contribution is 5.94. The van der Waals surface area contributed by atoms with E-state index in [4.69, 9.17) is 5.73 Å². The van der Waals surface area contributed by atoms with Crippen molar-refractivity contribution >= 4 is 5.91 Å². The standard InChI is InChI=1S/C15H14F2N2O/c16-13-6-2-5-12(14(13)17)15(20)19-9-11-4-1-3-10(7-11)8-18/h1-7H,8-9,18H2,(H,19,20). The number of nitrogens with one attached hydrogen (secondary N) is 1. The third-order valence-corrected chi connectivity index (χ3v) is 2.88. The molecule has 2 rings (SSSR count). The second kappa shape index (κ2) is 6.25. The molecule has 0 spiro atoms. The first-order valence-electron chi connectivity index (χ1n) is 6.12. The molecule has 5 heteroatoms. The molecule has 0 aromatic heterocycles. The SMILES string of the molecule is NCc1cccc(CNC(=O)c2cccc(F)c2F)c1. The molecule has 0 bridgehead atoms. The Morgan fingerprint density at radius 2 is 1.80 bits per heavy atom. The number of halogens is 2. The van der Waals surface area contributed by atoms with Gasteiger partial charge in [0.2, 0.25) is 0 Å². The molecule has 2 aromatic rings. The van der Waals surface area contributed by atoms with Crippen LogP contribution in [-0.4, -0.2) is 5.91 Å². The molecule has 3 nitrogen and oxygen atoms in total. The Labute approximate surface area is 115 Å². The van der Waals surface area contributed by atoms with Gasteiger partial charge in [-0.25, -0.2) is 8.78 Å². The Kier molecular flexibility index (Phi) is 4.42. The molecule has 0 saturated carbocycles. The molecule has 2 aromatic carbocycles. The number of nitrogens with two attached hydrogens (primary N) is 1. The van der Waals surface area contributed by atoms with Crippen LogP contribution in [0.3, 0.4) is 0 Å². The summed E-state index contributed by atoms with van der Waals surface area (Å²) in [7, 11) is 0. The monoisotopic (exact) mass is 276 g/mol. The van der Waals surface area contributed by atoms with E-state index in [0.29, 0.717) is 6.54 Å². The summed E-state index contributed by atoms with van der Waals surface area (Å²) in [6, 6.07) is 10.9. The second-order valence-corrected chi connectivity index (χ2v) is 4.31. The van der Waals surface area contributed by atoms with Crippen molar-refractivity contribution in [1.82, 2.24) is 5.32 Å². The van der Waals surface area contributed by atoms with Crippen molar-refractivity contribution in [3.05, 3.63) is 70.8 Å². The molecule has 0 atom stereocenters. The van der Waals surface area contributed by atoms with Gasteiger partial charge in [-0.2, -0.15) is 0 Å². The van der Waals surface area contributed by atoms with Gasteiger partial charge in [-0.3, -0.25) is 4.79 Å². The van der Waals surface area contributed by atoms with Gasteiger partial charge in [-0.05, 0) is 23.3 Å². The summed E-state index contributed by atoms with van der Waals surface area (Å²) in [5, 5.41) is 2.55. The number of benzene rings is 2. The molecule has 20 heavy (non-hydrogen) atoms. The van der Waals surface area contributed by atoms with Crippen molar-refractivity contribution in [1.29, 1.82) is 0 Å². The molecule has 1 amide bonds. The fraction of sp³-hybridized carbons (Fsp3) is 0.133. The number of rotatable bonds is 4. The number of carbonyl (C=O) groups excluding carboxylic acids is 1. The molecule has 0 fully saturated rings. The zero-order valence-corrected chi connectivity index (χ0v) is 10.7. The van der Waals surface area contributed by atoms with E-state index in [1.165, 1.54) is 12.1 Å². The third kappa shape index (κ3) is 3.19. The lowest BCUT2D eigenvalue weighted by Gasteiger charge is -2.07.